The van der Waals surface area contributed by atoms with Crippen molar-refractivity contribution in [2.24, 2.45) is 0 Å². The van der Waals surface area contributed by atoms with Crippen molar-refractivity contribution in [1.29, 1.82) is 5.41 Å². The molecule has 37 heavy (non-hydrogen) atoms. The molecular formula is C26H28Cl2N6O3. The van der Waals surface area contributed by atoms with E-state index in [0.717, 1.165) is 31.9 Å². The van der Waals surface area contributed by atoms with Gasteiger partial charge < -0.3 is 30.3 Å². The maximum Gasteiger partial charge on any atom is 0.274 e. The second-order valence-corrected chi connectivity index (χ2v) is 9.34. The number of hydrogen-bond donors (Lipinski definition) is 3. The van der Waals surface area contributed by atoms with E-state index in [2.05, 4.69) is 27.1 Å². The van der Waals surface area contributed by atoms with E-state index in [9.17, 15) is 4.79 Å². The lowest BCUT2D eigenvalue weighted by Crippen LogP contribution is -2.44. The number of hydrogen-bond acceptors (Lipinski definition) is 8. The molecule has 0 aliphatic carbocycles. The van der Waals surface area contributed by atoms with Gasteiger partial charge in [-0.3, -0.25) is 10.2 Å². The van der Waals surface area contributed by atoms with Crippen molar-refractivity contribution in [3.8, 4) is 22.8 Å². The molecule has 0 radical (unpaired) electrons. The molecule has 11 heteroatoms. The predicted octanol–water partition coefficient (Wildman–Crippen LogP) is 4.41. The van der Waals surface area contributed by atoms with Gasteiger partial charge in [-0.15, -0.1) is 0 Å². The lowest BCUT2D eigenvalue weighted by Gasteiger charge is -2.34. The Hall–Kier alpha value is -3.53. The number of pyridine rings is 1. The molecule has 0 atom stereocenters. The van der Waals surface area contributed by atoms with Crippen LogP contribution in [0.25, 0.3) is 11.3 Å². The summed E-state index contributed by atoms with van der Waals surface area (Å²) >= 11 is 13.0. The van der Waals surface area contributed by atoms with E-state index < -0.39 is 5.91 Å². The summed E-state index contributed by atoms with van der Waals surface area (Å²) in [5, 5.41) is 11.6. The zero-order valence-electron chi connectivity index (χ0n) is 20.8. The number of amides is 1. The number of ether oxygens (including phenoxy) is 2. The molecule has 2 aromatic carbocycles. The number of nitrogens with zero attached hydrogens (tertiary/aromatic N) is 3. The molecule has 1 amide bonds. The van der Waals surface area contributed by atoms with Crippen LogP contribution in [0.4, 0.5) is 17.2 Å². The van der Waals surface area contributed by atoms with Crippen molar-refractivity contribution in [3.05, 3.63) is 58.1 Å². The van der Waals surface area contributed by atoms with Gasteiger partial charge >= 0.3 is 0 Å². The molecule has 1 aliphatic heterocycles. The molecule has 1 saturated heterocycles. The van der Waals surface area contributed by atoms with Gasteiger partial charge in [-0.2, -0.15) is 0 Å². The van der Waals surface area contributed by atoms with Crippen LogP contribution < -0.4 is 25.4 Å². The second kappa shape index (κ2) is 11.2. The summed E-state index contributed by atoms with van der Waals surface area (Å²) in [6, 6.07) is 12.3. The number of nitrogens with two attached hydrogens (primary N) is 1. The van der Waals surface area contributed by atoms with Crippen molar-refractivity contribution >= 4 is 52.0 Å². The SMILES string of the molecule is COc1cc(OC)c(Cl)c(-c2ccc(C(=N)C(=O)Nc3ccc(N4CCN(C)CC4)cc3)c(N)n2)c1Cl. The number of likely N-dealkylation sites (N-methyl/N-ethyl adjacent to an activating group) is 1. The normalized spacial score (nSPS) is 13.8. The molecule has 1 fully saturated rings. The fourth-order valence-electron chi connectivity index (χ4n) is 4.07. The minimum atomic E-state index is -0.604. The molecule has 4 rings (SSSR count). The molecule has 0 spiro atoms. The van der Waals surface area contributed by atoms with Gasteiger partial charge in [0.05, 0.1) is 30.0 Å². The first kappa shape index (κ1) is 26.5. The number of piperazine rings is 1. The Kier molecular flexibility index (Phi) is 8.06. The van der Waals surface area contributed by atoms with Gasteiger partial charge in [-0.1, -0.05) is 23.2 Å². The smallest absolute Gasteiger partial charge is 0.274 e. The van der Waals surface area contributed by atoms with Crippen molar-refractivity contribution in [3.63, 3.8) is 0 Å². The van der Waals surface area contributed by atoms with Crippen LogP contribution in [-0.4, -0.2) is 68.9 Å². The Labute approximate surface area is 225 Å². The number of aromatic nitrogens is 1. The maximum atomic E-state index is 12.8. The highest BCUT2D eigenvalue weighted by atomic mass is 35.5. The van der Waals surface area contributed by atoms with Gasteiger partial charge in [0.1, 0.15) is 23.0 Å². The molecule has 3 aromatic rings. The lowest BCUT2D eigenvalue weighted by molar-refractivity contribution is -0.110. The zero-order valence-corrected chi connectivity index (χ0v) is 22.3. The van der Waals surface area contributed by atoms with Crippen LogP contribution in [0.1, 0.15) is 5.56 Å². The highest BCUT2D eigenvalue weighted by molar-refractivity contribution is 6.48. The van der Waals surface area contributed by atoms with E-state index in [1.54, 1.807) is 12.1 Å². The number of methoxy groups -OCH3 is 2. The number of carbonyl (C=O) groups is 1. The van der Waals surface area contributed by atoms with Crippen LogP contribution >= 0.6 is 23.2 Å². The monoisotopic (exact) mass is 542 g/mol. The fraction of sp³-hybridized carbons (Fsp3) is 0.269. The second-order valence-electron chi connectivity index (χ2n) is 8.58. The van der Waals surface area contributed by atoms with Crippen molar-refractivity contribution in [2.75, 3.05) is 63.4 Å². The van der Waals surface area contributed by atoms with Crippen molar-refractivity contribution in [1.82, 2.24) is 9.88 Å². The third-order valence-electron chi connectivity index (χ3n) is 6.24. The molecule has 0 saturated carbocycles. The number of anilines is 3. The van der Waals surface area contributed by atoms with Gasteiger partial charge in [0.15, 0.2) is 0 Å². The Morgan fingerprint density at radius 1 is 1.00 bits per heavy atom. The standard InChI is InChI=1S/C26H28Cl2N6O3/c1-33-10-12-34(13-11-33)16-6-4-15(5-7-16)31-26(35)24(29)17-8-9-18(32-25(17)30)21-22(27)19(36-2)14-20(37-3)23(21)28/h4-9,14,29H,10-13H2,1-3H3,(H2,30,32)(H,31,35). The van der Waals surface area contributed by atoms with Crippen LogP contribution in [-0.2, 0) is 4.79 Å². The van der Waals surface area contributed by atoms with Crippen molar-refractivity contribution < 1.29 is 14.3 Å². The minimum absolute atomic E-state index is 0.0167. The molecule has 0 unspecified atom stereocenters. The summed E-state index contributed by atoms with van der Waals surface area (Å²) in [6.07, 6.45) is 0. The van der Waals surface area contributed by atoms with E-state index in [1.807, 2.05) is 24.3 Å². The summed E-state index contributed by atoms with van der Waals surface area (Å²) in [6.45, 7) is 3.92. The molecule has 2 heterocycles. The van der Waals surface area contributed by atoms with Gasteiger partial charge in [-0.05, 0) is 43.4 Å². The fourth-order valence-corrected chi connectivity index (χ4v) is 4.77. The number of benzene rings is 2. The van der Waals surface area contributed by atoms with Gasteiger partial charge in [0, 0.05) is 54.7 Å². The van der Waals surface area contributed by atoms with E-state index in [0.29, 0.717) is 28.4 Å². The highest BCUT2D eigenvalue weighted by Crippen LogP contribution is 2.45. The predicted molar refractivity (Wildman–Crippen MR) is 149 cm³/mol. The van der Waals surface area contributed by atoms with E-state index >= 15 is 0 Å². The Balaban J connectivity index is 1.51. The summed E-state index contributed by atoms with van der Waals surface area (Å²) in [5.41, 5.74) is 8.41. The number of nitrogen functional groups attached to an aromatic ring is 1. The maximum absolute atomic E-state index is 12.8. The quantitative estimate of drug-likeness (QED) is 0.378. The van der Waals surface area contributed by atoms with Crippen LogP contribution in [0, 0.1) is 5.41 Å². The van der Waals surface area contributed by atoms with E-state index in [-0.39, 0.29) is 27.1 Å². The van der Waals surface area contributed by atoms with Gasteiger partial charge in [-0.25, -0.2) is 4.98 Å². The number of nitrogens with one attached hydrogen (secondary N) is 2. The number of carbonyl (C=O) groups excluding carboxylic acids is 1. The van der Waals surface area contributed by atoms with Gasteiger partial charge in [0.25, 0.3) is 5.91 Å². The molecule has 4 N–H and O–H groups in total. The molecule has 1 aromatic heterocycles. The molecule has 9 nitrogen and oxygen atoms in total. The molecule has 1 aliphatic rings. The Morgan fingerprint density at radius 3 is 2.14 bits per heavy atom. The molecule has 0 bridgehead atoms. The van der Waals surface area contributed by atoms with Crippen LogP contribution in [0.5, 0.6) is 11.5 Å². The topological polar surface area (TPSA) is 117 Å². The zero-order chi connectivity index (χ0) is 26.7. The highest BCUT2D eigenvalue weighted by Gasteiger charge is 2.22. The first-order valence-electron chi connectivity index (χ1n) is 11.5. The number of rotatable bonds is 7. The van der Waals surface area contributed by atoms with Gasteiger partial charge in [0.2, 0.25) is 0 Å². The number of halogens is 2. The third kappa shape index (κ3) is 5.58. The summed E-state index contributed by atoms with van der Waals surface area (Å²) in [4.78, 5) is 21.8. The lowest BCUT2D eigenvalue weighted by atomic mass is 10.1. The van der Waals surface area contributed by atoms with Crippen LogP contribution in [0.3, 0.4) is 0 Å². The first-order valence-corrected chi connectivity index (χ1v) is 12.3. The van der Waals surface area contributed by atoms with E-state index in [1.165, 1.54) is 20.3 Å². The third-order valence-corrected chi connectivity index (χ3v) is 7.00. The van der Waals surface area contributed by atoms with Crippen LogP contribution in [0.2, 0.25) is 10.0 Å². The van der Waals surface area contributed by atoms with E-state index in [4.69, 9.17) is 43.8 Å². The molecule has 194 valence electrons. The largest absolute Gasteiger partial charge is 0.495 e. The summed E-state index contributed by atoms with van der Waals surface area (Å²) in [7, 11) is 5.06. The van der Waals surface area contributed by atoms with Crippen molar-refractivity contribution in [2.45, 2.75) is 0 Å². The first-order chi connectivity index (χ1) is 17.7. The molecular weight excluding hydrogens is 515 g/mol. The average molecular weight is 543 g/mol. The Bertz CT molecular complexity index is 1300. The average Bonchev–Trinajstić information content (AvgIpc) is 2.89. The Morgan fingerprint density at radius 2 is 1.59 bits per heavy atom. The summed E-state index contributed by atoms with van der Waals surface area (Å²) < 4.78 is 10.6. The minimum Gasteiger partial charge on any atom is -0.495 e. The van der Waals surface area contributed by atoms with Crippen LogP contribution in [0.15, 0.2) is 42.5 Å². The summed E-state index contributed by atoms with van der Waals surface area (Å²) in [5.74, 6) is 0.0888.